The first-order valence-corrected chi connectivity index (χ1v) is 12.4. The van der Waals surface area contributed by atoms with Crippen molar-refractivity contribution in [2.24, 2.45) is 0 Å². The van der Waals surface area contributed by atoms with E-state index in [-0.39, 0.29) is 11.8 Å². The van der Waals surface area contributed by atoms with Crippen molar-refractivity contribution in [3.63, 3.8) is 0 Å². The molecule has 162 valence electrons. The molecule has 30 heavy (non-hydrogen) atoms. The maximum Gasteiger partial charge on any atom is 0.253 e. The SMILES string of the molecule is CCN(CCCNC(=O)C(CCSC)NC(=O)c1ccccc1Br)c1ccccc1. The highest BCUT2D eigenvalue weighted by Gasteiger charge is 2.21. The van der Waals surface area contributed by atoms with Gasteiger partial charge in [-0.1, -0.05) is 30.3 Å². The molecular weight excluding hydrogens is 462 g/mol. The second-order valence-electron chi connectivity index (χ2n) is 6.85. The molecule has 1 unspecified atom stereocenters. The molecule has 1 atom stereocenters. The van der Waals surface area contributed by atoms with E-state index in [1.807, 2.05) is 42.7 Å². The largest absolute Gasteiger partial charge is 0.372 e. The van der Waals surface area contributed by atoms with Crippen molar-refractivity contribution in [1.29, 1.82) is 0 Å². The van der Waals surface area contributed by atoms with Gasteiger partial charge in [0, 0.05) is 29.8 Å². The molecule has 0 aliphatic rings. The van der Waals surface area contributed by atoms with E-state index < -0.39 is 6.04 Å². The fraction of sp³-hybridized carbons (Fsp3) is 0.391. The Morgan fingerprint density at radius 1 is 1.10 bits per heavy atom. The highest BCUT2D eigenvalue weighted by Crippen LogP contribution is 2.16. The van der Waals surface area contributed by atoms with Crippen molar-refractivity contribution in [1.82, 2.24) is 10.6 Å². The van der Waals surface area contributed by atoms with Gasteiger partial charge in [-0.05, 0) is 72.0 Å². The third-order valence-corrected chi connectivity index (χ3v) is 6.09. The average Bonchev–Trinajstić information content (AvgIpc) is 2.77. The van der Waals surface area contributed by atoms with Crippen molar-refractivity contribution in [2.75, 3.05) is 36.5 Å². The summed E-state index contributed by atoms with van der Waals surface area (Å²) >= 11 is 5.06. The number of benzene rings is 2. The zero-order valence-electron chi connectivity index (χ0n) is 17.6. The first-order valence-electron chi connectivity index (χ1n) is 10.2. The van der Waals surface area contributed by atoms with Crippen LogP contribution in [-0.2, 0) is 4.79 Å². The second-order valence-corrected chi connectivity index (χ2v) is 8.69. The van der Waals surface area contributed by atoms with E-state index in [2.05, 4.69) is 50.5 Å². The molecule has 0 radical (unpaired) electrons. The molecule has 0 heterocycles. The lowest BCUT2D eigenvalue weighted by atomic mass is 10.1. The Morgan fingerprint density at radius 3 is 2.47 bits per heavy atom. The number of rotatable bonds is 12. The quantitative estimate of drug-likeness (QED) is 0.433. The Kier molecular flexibility index (Phi) is 10.8. The van der Waals surface area contributed by atoms with Gasteiger partial charge in [-0.25, -0.2) is 0 Å². The zero-order valence-corrected chi connectivity index (χ0v) is 20.0. The number of nitrogens with one attached hydrogen (secondary N) is 2. The fourth-order valence-electron chi connectivity index (χ4n) is 3.10. The summed E-state index contributed by atoms with van der Waals surface area (Å²) in [6, 6.07) is 16.9. The van der Waals surface area contributed by atoms with E-state index in [0.717, 1.165) is 25.3 Å². The first-order chi connectivity index (χ1) is 14.6. The minimum atomic E-state index is -0.548. The van der Waals surface area contributed by atoms with Gasteiger partial charge in [0.2, 0.25) is 5.91 Å². The number of carbonyl (C=O) groups excluding carboxylic acids is 2. The molecule has 0 aliphatic carbocycles. The van der Waals surface area contributed by atoms with Crippen molar-refractivity contribution < 1.29 is 9.59 Å². The van der Waals surface area contributed by atoms with Crippen LogP contribution < -0.4 is 15.5 Å². The Morgan fingerprint density at radius 2 is 1.80 bits per heavy atom. The third kappa shape index (κ3) is 7.69. The maximum absolute atomic E-state index is 12.7. The van der Waals surface area contributed by atoms with E-state index in [4.69, 9.17) is 0 Å². The number of halogens is 1. The number of para-hydroxylation sites is 1. The van der Waals surface area contributed by atoms with Gasteiger partial charge < -0.3 is 15.5 Å². The van der Waals surface area contributed by atoms with Crippen LogP contribution in [0.3, 0.4) is 0 Å². The molecule has 2 N–H and O–H groups in total. The molecule has 2 rings (SSSR count). The molecule has 2 aromatic carbocycles. The van der Waals surface area contributed by atoms with Crippen molar-refractivity contribution in [3.8, 4) is 0 Å². The maximum atomic E-state index is 12.7. The van der Waals surface area contributed by atoms with Crippen LogP contribution in [0.2, 0.25) is 0 Å². The topological polar surface area (TPSA) is 61.4 Å². The Labute approximate surface area is 192 Å². The van der Waals surface area contributed by atoms with Gasteiger partial charge in [0.05, 0.1) is 5.56 Å². The van der Waals surface area contributed by atoms with Gasteiger partial charge >= 0.3 is 0 Å². The van der Waals surface area contributed by atoms with Crippen LogP contribution in [0, 0.1) is 0 Å². The van der Waals surface area contributed by atoms with Gasteiger partial charge in [-0.2, -0.15) is 11.8 Å². The molecule has 0 aromatic heterocycles. The predicted octanol–water partition coefficient (Wildman–Crippen LogP) is 4.33. The summed E-state index contributed by atoms with van der Waals surface area (Å²) < 4.78 is 0.715. The highest BCUT2D eigenvalue weighted by atomic mass is 79.9. The molecule has 0 saturated carbocycles. The van der Waals surface area contributed by atoms with E-state index in [1.165, 1.54) is 5.69 Å². The normalized spacial score (nSPS) is 11.6. The molecule has 2 amide bonds. The third-order valence-electron chi connectivity index (χ3n) is 4.76. The first kappa shape index (κ1) is 24.3. The smallest absolute Gasteiger partial charge is 0.253 e. The highest BCUT2D eigenvalue weighted by molar-refractivity contribution is 9.10. The summed E-state index contributed by atoms with van der Waals surface area (Å²) in [6.45, 7) is 4.47. The number of nitrogens with zero attached hydrogens (tertiary/aromatic N) is 1. The molecule has 0 bridgehead atoms. The van der Waals surface area contributed by atoms with Gasteiger partial charge in [0.15, 0.2) is 0 Å². The Balaban J connectivity index is 1.87. The van der Waals surface area contributed by atoms with Gasteiger partial charge in [0.25, 0.3) is 5.91 Å². The molecule has 0 fully saturated rings. The van der Waals surface area contributed by atoms with E-state index in [0.29, 0.717) is 23.0 Å². The second kappa shape index (κ2) is 13.3. The predicted molar refractivity (Wildman–Crippen MR) is 130 cm³/mol. The average molecular weight is 492 g/mol. The lowest BCUT2D eigenvalue weighted by Crippen LogP contribution is -2.47. The molecular formula is C23H30BrN3O2S. The Hall–Kier alpha value is -1.99. The van der Waals surface area contributed by atoms with Crippen LogP contribution in [0.15, 0.2) is 59.1 Å². The number of amides is 2. The van der Waals surface area contributed by atoms with E-state index in [1.54, 1.807) is 17.8 Å². The lowest BCUT2D eigenvalue weighted by molar-refractivity contribution is -0.123. The number of hydrogen-bond donors (Lipinski definition) is 2. The Bertz CT molecular complexity index is 804. The van der Waals surface area contributed by atoms with Crippen molar-refractivity contribution in [3.05, 3.63) is 64.6 Å². The summed E-state index contributed by atoms with van der Waals surface area (Å²) in [5.41, 5.74) is 1.71. The number of carbonyl (C=O) groups is 2. The standard InChI is InChI=1S/C23H30BrN3O2S/c1-3-27(18-10-5-4-6-11-18)16-9-15-25-23(29)21(14-17-30-2)26-22(28)19-12-7-8-13-20(19)24/h4-8,10-13,21H,3,9,14-17H2,1-2H3,(H,25,29)(H,26,28). The minimum absolute atomic E-state index is 0.132. The number of anilines is 1. The van der Waals surface area contributed by atoms with Crippen LogP contribution in [0.1, 0.15) is 30.1 Å². The zero-order chi connectivity index (χ0) is 21.8. The summed E-state index contributed by atoms with van der Waals surface area (Å²) in [6.07, 6.45) is 3.42. The number of thioether (sulfide) groups is 1. The monoisotopic (exact) mass is 491 g/mol. The van der Waals surface area contributed by atoms with Gasteiger partial charge in [-0.15, -0.1) is 0 Å². The van der Waals surface area contributed by atoms with Crippen LogP contribution in [-0.4, -0.2) is 49.5 Å². The summed E-state index contributed by atoms with van der Waals surface area (Å²) in [5, 5.41) is 5.88. The van der Waals surface area contributed by atoms with Gasteiger partial charge in [0.1, 0.15) is 6.04 Å². The van der Waals surface area contributed by atoms with Crippen LogP contribution in [0.5, 0.6) is 0 Å². The molecule has 7 heteroatoms. The summed E-state index contributed by atoms with van der Waals surface area (Å²) in [4.78, 5) is 27.6. The van der Waals surface area contributed by atoms with Crippen LogP contribution >= 0.6 is 27.7 Å². The van der Waals surface area contributed by atoms with Crippen molar-refractivity contribution in [2.45, 2.75) is 25.8 Å². The summed E-state index contributed by atoms with van der Waals surface area (Å²) in [7, 11) is 0. The molecule has 0 saturated heterocycles. The molecule has 0 spiro atoms. The molecule has 5 nitrogen and oxygen atoms in total. The number of hydrogen-bond acceptors (Lipinski definition) is 4. The van der Waals surface area contributed by atoms with Crippen molar-refractivity contribution >= 4 is 45.2 Å². The minimum Gasteiger partial charge on any atom is -0.372 e. The summed E-state index contributed by atoms with van der Waals surface area (Å²) in [5.74, 6) is 0.420. The molecule has 0 aliphatic heterocycles. The fourth-order valence-corrected chi connectivity index (χ4v) is 4.04. The van der Waals surface area contributed by atoms with Crippen LogP contribution in [0.25, 0.3) is 0 Å². The molecule has 2 aromatic rings. The van der Waals surface area contributed by atoms with Crippen LogP contribution in [0.4, 0.5) is 5.69 Å². The van der Waals surface area contributed by atoms with E-state index >= 15 is 0 Å². The lowest BCUT2D eigenvalue weighted by Gasteiger charge is -2.23. The van der Waals surface area contributed by atoms with Gasteiger partial charge in [-0.3, -0.25) is 9.59 Å². The van der Waals surface area contributed by atoms with E-state index in [9.17, 15) is 9.59 Å².